The topological polar surface area (TPSA) is 33.3 Å². The zero-order valence-electron chi connectivity index (χ0n) is 9.77. The van der Waals surface area contributed by atoms with Crippen LogP contribution in [0.1, 0.15) is 34.6 Å². The number of hydrogen-bond donors (Lipinski definition) is 2. The summed E-state index contributed by atoms with van der Waals surface area (Å²) in [5, 5.41) is 6.75. The van der Waals surface area contributed by atoms with E-state index in [1.54, 1.807) is 0 Å². The lowest BCUT2D eigenvalue weighted by Crippen LogP contribution is -2.60. The summed E-state index contributed by atoms with van der Waals surface area (Å²) in [6.07, 6.45) is 0.843. The van der Waals surface area contributed by atoms with E-state index in [2.05, 4.69) is 38.3 Å². The van der Waals surface area contributed by atoms with Crippen molar-refractivity contribution in [2.24, 2.45) is 0 Å². The Morgan fingerprint density at radius 1 is 1.15 bits per heavy atom. The van der Waals surface area contributed by atoms with Gasteiger partial charge in [0.05, 0.1) is 0 Å². The van der Waals surface area contributed by atoms with Crippen LogP contribution in [0.3, 0.4) is 0 Å². The van der Waals surface area contributed by atoms with Crippen molar-refractivity contribution < 1.29 is 4.74 Å². The average molecular weight is 204 g/mol. The minimum atomic E-state index is -0.371. The molecule has 3 nitrogen and oxygen atoms in total. The maximum Gasteiger partial charge on any atom is 0.171 e. The fourth-order valence-electron chi connectivity index (χ4n) is 1.52. The molecule has 0 heterocycles. The third kappa shape index (κ3) is 6.21. The second kappa shape index (κ2) is 5.75. The Hall–Kier alpha value is 0.0969. The van der Waals surface area contributed by atoms with Crippen molar-refractivity contribution >= 4 is 10.2 Å². The second-order valence-corrected chi connectivity index (χ2v) is 4.64. The van der Waals surface area contributed by atoms with Crippen LogP contribution in [0.15, 0.2) is 0 Å². The summed E-state index contributed by atoms with van der Waals surface area (Å²) in [5.74, 6) is -0.371. The van der Waals surface area contributed by atoms with E-state index in [1.807, 2.05) is 6.92 Å². The summed E-state index contributed by atoms with van der Waals surface area (Å²) < 4.78 is 5.69. The van der Waals surface area contributed by atoms with Gasteiger partial charge < -0.3 is 4.74 Å². The lowest BCUT2D eigenvalue weighted by Gasteiger charge is -2.35. The molecule has 0 aliphatic rings. The molecular formula is C9H24N2OSi. The van der Waals surface area contributed by atoms with Crippen LogP contribution >= 0.6 is 0 Å². The molecule has 0 atom stereocenters. The van der Waals surface area contributed by atoms with Crippen LogP contribution in [0.5, 0.6) is 0 Å². The van der Waals surface area contributed by atoms with Gasteiger partial charge in [-0.15, -0.1) is 0 Å². The third-order valence-electron chi connectivity index (χ3n) is 1.56. The van der Waals surface area contributed by atoms with E-state index in [4.69, 9.17) is 4.74 Å². The monoisotopic (exact) mass is 204 g/mol. The highest BCUT2D eigenvalue weighted by Gasteiger charge is 2.24. The molecule has 0 fully saturated rings. The van der Waals surface area contributed by atoms with Gasteiger partial charge in [-0.05, 0) is 34.6 Å². The van der Waals surface area contributed by atoms with E-state index in [0.29, 0.717) is 12.1 Å². The lowest BCUT2D eigenvalue weighted by molar-refractivity contribution is -0.0729. The molecule has 0 saturated carbocycles. The molecule has 4 heteroatoms. The minimum Gasteiger partial charge on any atom is -0.352 e. The van der Waals surface area contributed by atoms with Gasteiger partial charge in [-0.2, -0.15) is 0 Å². The standard InChI is InChI=1S/C9H24N2OSi/c1-7(2)10-9(5,12-6-13)11-8(3)4/h7-8,10-11H,6H2,1-5,13H3. The second-order valence-electron chi connectivity index (χ2n) is 4.06. The molecule has 0 aromatic rings. The molecule has 0 spiro atoms. The SMILES string of the molecule is CC(C)NC(C)(NC(C)C)OC[SiH3]. The van der Waals surface area contributed by atoms with Gasteiger partial charge in [-0.3, -0.25) is 10.6 Å². The van der Waals surface area contributed by atoms with E-state index < -0.39 is 0 Å². The largest absolute Gasteiger partial charge is 0.352 e. The van der Waals surface area contributed by atoms with Crippen molar-refractivity contribution in [3.05, 3.63) is 0 Å². The molecule has 0 rings (SSSR count). The van der Waals surface area contributed by atoms with Crippen molar-refractivity contribution in [2.75, 3.05) is 6.23 Å². The van der Waals surface area contributed by atoms with Crippen molar-refractivity contribution in [3.63, 3.8) is 0 Å². The Kier molecular flexibility index (Phi) is 5.79. The molecule has 0 unspecified atom stereocenters. The summed E-state index contributed by atoms with van der Waals surface area (Å²) in [4.78, 5) is 0. The zero-order chi connectivity index (χ0) is 10.5. The van der Waals surface area contributed by atoms with Gasteiger partial charge in [0.2, 0.25) is 0 Å². The Bertz CT molecular complexity index is 130. The van der Waals surface area contributed by atoms with Gasteiger partial charge in [0.25, 0.3) is 0 Å². The molecule has 0 saturated heterocycles. The third-order valence-corrected chi connectivity index (χ3v) is 1.85. The first kappa shape index (κ1) is 13.1. The summed E-state index contributed by atoms with van der Waals surface area (Å²) >= 11 is 0. The van der Waals surface area contributed by atoms with E-state index in [-0.39, 0.29) is 5.85 Å². The highest BCUT2D eigenvalue weighted by atomic mass is 28.1. The first-order chi connectivity index (χ1) is 5.89. The van der Waals surface area contributed by atoms with Crippen molar-refractivity contribution in [3.8, 4) is 0 Å². The van der Waals surface area contributed by atoms with Gasteiger partial charge in [-0.25, -0.2) is 0 Å². The maximum absolute atomic E-state index is 5.69. The molecule has 0 aliphatic heterocycles. The Morgan fingerprint density at radius 2 is 1.54 bits per heavy atom. The molecule has 80 valence electrons. The van der Waals surface area contributed by atoms with Gasteiger partial charge in [0.1, 0.15) is 0 Å². The molecule has 0 aromatic carbocycles. The van der Waals surface area contributed by atoms with Crippen LogP contribution in [0.2, 0.25) is 0 Å². The van der Waals surface area contributed by atoms with E-state index >= 15 is 0 Å². The average Bonchev–Trinajstić information content (AvgIpc) is 1.81. The smallest absolute Gasteiger partial charge is 0.171 e. The quantitative estimate of drug-likeness (QED) is 0.472. The number of nitrogens with one attached hydrogen (secondary N) is 2. The molecule has 2 N–H and O–H groups in total. The van der Waals surface area contributed by atoms with Crippen LogP contribution in [-0.2, 0) is 4.74 Å². The lowest BCUT2D eigenvalue weighted by atomic mass is 10.3. The van der Waals surface area contributed by atoms with Gasteiger partial charge >= 0.3 is 0 Å². The van der Waals surface area contributed by atoms with Crippen molar-refractivity contribution in [2.45, 2.75) is 52.6 Å². The van der Waals surface area contributed by atoms with Crippen LogP contribution in [0.25, 0.3) is 0 Å². The predicted octanol–water partition coefficient (Wildman–Crippen LogP) is -0.00440. The van der Waals surface area contributed by atoms with E-state index in [9.17, 15) is 0 Å². The summed E-state index contributed by atoms with van der Waals surface area (Å²) in [6.45, 7) is 10.5. The number of ether oxygens (including phenoxy) is 1. The van der Waals surface area contributed by atoms with Gasteiger partial charge in [-0.1, -0.05) is 0 Å². The molecule has 0 bridgehead atoms. The maximum atomic E-state index is 5.69. The number of rotatable bonds is 6. The molecule has 13 heavy (non-hydrogen) atoms. The summed E-state index contributed by atoms with van der Waals surface area (Å²) in [5.41, 5.74) is 0. The minimum absolute atomic E-state index is 0.371. The van der Waals surface area contributed by atoms with Gasteiger partial charge in [0.15, 0.2) is 5.85 Å². The summed E-state index contributed by atoms with van der Waals surface area (Å²) in [6, 6.07) is 0.842. The summed E-state index contributed by atoms with van der Waals surface area (Å²) in [7, 11) is 1.07. The molecule has 0 aromatic heterocycles. The fourth-order valence-corrected chi connectivity index (χ4v) is 2.09. The molecule has 0 radical (unpaired) electrons. The van der Waals surface area contributed by atoms with E-state index in [0.717, 1.165) is 16.5 Å². The van der Waals surface area contributed by atoms with Gasteiger partial charge in [0, 0.05) is 28.6 Å². The van der Waals surface area contributed by atoms with Crippen molar-refractivity contribution in [1.29, 1.82) is 0 Å². The Labute approximate surface area is 85.0 Å². The highest BCUT2D eigenvalue weighted by molar-refractivity contribution is 6.08. The number of hydrogen-bond acceptors (Lipinski definition) is 3. The Morgan fingerprint density at radius 3 is 1.77 bits per heavy atom. The molecular weight excluding hydrogens is 180 g/mol. The Balaban J connectivity index is 4.15. The molecule has 0 aliphatic carbocycles. The van der Waals surface area contributed by atoms with E-state index in [1.165, 1.54) is 0 Å². The van der Waals surface area contributed by atoms with Crippen LogP contribution in [-0.4, -0.2) is 34.4 Å². The first-order valence-electron chi connectivity index (χ1n) is 5.09. The first-order valence-corrected chi connectivity index (χ1v) is 6.50. The molecule has 0 amide bonds. The predicted molar refractivity (Wildman–Crippen MR) is 60.8 cm³/mol. The van der Waals surface area contributed by atoms with Crippen LogP contribution in [0, 0.1) is 0 Å². The van der Waals surface area contributed by atoms with Crippen LogP contribution in [0.4, 0.5) is 0 Å². The van der Waals surface area contributed by atoms with Crippen molar-refractivity contribution in [1.82, 2.24) is 10.6 Å². The normalized spacial score (nSPS) is 13.2. The van der Waals surface area contributed by atoms with Crippen LogP contribution < -0.4 is 10.6 Å². The highest BCUT2D eigenvalue weighted by Crippen LogP contribution is 2.04. The fraction of sp³-hybridized carbons (Fsp3) is 1.00. The zero-order valence-corrected chi connectivity index (χ0v) is 11.8.